The first-order valence-electron chi connectivity index (χ1n) is 12.9. The second kappa shape index (κ2) is 9.81. The number of H-pyrrole nitrogens is 2. The zero-order valence-corrected chi connectivity index (χ0v) is 20.3. The Morgan fingerprint density at radius 2 is 1.97 bits per heavy atom. The molecule has 2 aromatic carbocycles. The second-order valence-corrected chi connectivity index (χ2v) is 10.1. The van der Waals surface area contributed by atoms with Crippen LogP contribution in [0.3, 0.4) is 0 Å². The van der Waals surface area contributed by atoms with Crippen LogP contribution in [-0.4, -0.2) is 67.9 Å². The highest BCUT2D eigenvalue weighted by Crippen LogP contribution is 2.42. The molecule has 2 N–H and O–H groups in total. The van der Waals surface area contributed by atoms with Gasteiger partial charge in [0.1, 0.15) is 0 Å². The van der Waals surface area contributed by atoms with Gasteiger partial charge in [0, 0.05) is 30.0 Å². The monoisotopic (exact) mass is 485 g/mol. The predicted molar refractivity (Wildman–Crippen MR) is 135 cm³/mol. The lowest BCUT2D eigenvalue weighted by Gasteiger charge is -2.40. The van der Waals surface area contributed by atoms with Gasteiger partial charge in [-0.15, -0.1) is 10.2 Å². The highest BCUT2D eigenvalue weighted by atomic mass is 16.5. The normalized spacial score (nSPS) is 20.3. The highest BCUT2D eigenvalue weighted by Gasteiger charge is 2.44. The van der Waals surface area contributed by atoms with Crippen molar-refractivity contribution in [1.29, 1.82) is 0 Å². The first kappa shape index (κ1) is 22.8. The molecule has 0 bridgehead atoms. The topological polar surface area (TPSA) is 113 Å². The summed E-state index contributed by atoms with van der Waals surface area (Å²) in [5.41, 5.74) is 3.77. The van der Waals surface area contributed by atoms with Crippen LogP contribution < -0.4 is 0 Å². The average molecular weight is 486 g/mol. The van der Waals surface area contributed by atoms with E-state index in [2.05, 4.69) is 60.0 Å². The standard InChI is InChI=1S/C27H31N7O2/c35-26(27(11-2-1-3-12-27)22-9-7-20(8-10-22)25-30-32-33-31-25)34-13-14-36-18-19(17-34)15-21-5-4-6-24-23(21)16-28-29-24/h4-10,16,19H,1-3,11-15,17-18H2,(H,28,29)(H,30,31,32,33). The van der Waals surface area contributed by atoms with Crippen LogP contribution in [0.15, 0.2) is 48.7 Å². The summed E-state index contributed by atoms with van der Waals surface area (Å²) in [4.78, 5) is 16.4. The van der Waals surface area contributed by atoms with Gasteiger partial charge < -0.3 is 9.64 Å². The number of hydrogen-bond donors (Lipinski definition) is 2. The maximum atomic E-state index is 14.3. The fourth-order valence-electron chi connectivity index (χ4n) is 6.01. The van der Waals surface area contributed by atoms with Gasteiger partial charge >= 0.3 is 0 Å². The number of ether oxygens (including phenoxy) is 1. The molecule has 36 heavy (non-hydrogen) atoms. The van der Waals surface area contributed by atoms with Gasteiger partial charge in [-0.1, -0.05) is 55.7 Å². The van der Waals surface area contributed by atoms with Crippen molar-refractivity contribution in [1.82, 2.24) is 35.7 Å². The maximum absolute atomic E-state index is 14.3. The number of tetrazole rings is 1. The van der Waals surface area contributed by atoms with E-state index >= 15 is 0 Å². The molecule has 1 saturated carbocycles. The van der Waals surface area contributed by atoms with Crippen molar-refractivity contribution in [3.63, 3.8) is 0 Å². The number of benzene rings is 2. The summed E-state index contributed by atoms with van der Waals surface area (Å²) in [6.45, 7) is 2.57. The van der Waals surface area contributed by atoms with Crippen LogP contribution in [-0.2, 0) is 21.4 Å². The minimum Gasteiger partial charge on any atom is -0.379 e. The van der Waals surface area contributed by atoms with E-state index in [-0.39, 0.29) is 11.8 Å². The van der Waals surface area contributed by atoms with Gasteiger partial charge in [-0.05, 0) is 41.7 Å². The summed E-state index contributed by atoms with van der Waals surface area (Å²) in [5, 5.41) is 22.7. The molecule has 1 unspecified atom stereocenters. The van der Waals surface area contributed by atoms with Crippen LogP contribution in [0.1, 0.15) is 43.2 Å². The molecule has 6 rings (SSSR count). The van der Waals surface area contributed by atoms with E-state index in [9.17, 15) is 4.79 Å². The van der Waals surface area contributed by atoms with Gasteiger partial charge in [-0.25, -0.2) is 0 Å². The summed E-state index contributed by atoms with van der Waals surface area (Å²) < 4.78 is 6.00. The van der Waals surface area contributed by atoms with Gasteiger partial charge in [0.25, 0.3) is 0 Å². The predicted octanol–water partition coefficient (Wildman–Crippen LogP) is 3.66. The summed E-state index contributed by atoms with van der Waals surface area (Å²) >= 11 is 0. The van der Waals surface area contributed by atoms with Crippen LogP contribution in [0.25, 0.3) is 22.3 Å². The molecule has 9 heteroatoms. The molecule has 1 aliphatic carbocycles. The third-order valence-corrected chi connectivity index (χ3v) is 7.87. The lowest BCUT2D eigenvalue weighted by molar-refractivity contribution is -0.139. The summed E-state index contributed by atoms with van der Waals surface area (Å²) in [6, 6.07) is 14.4. The largest absolute Gasteiger partial charge is 0.379 e. The lowest BCUT2D eigenvalue weighted by atomic mass is 9.68. The molecule has 2 fully saturated rings. The SMILES string of the molecule is O=C(N1CCOCC(Cc2cccc3[nH]ncc23)C1)C1(c2ccc(-c3nn[nH]n3)cc2)CCCCC1. The number of amides is 1. The van der Waals surface area contributed by atoms with Gasteiger partial charge in [0.15, 0.2) is 0 Å². The molecule has 2 aliphatic rings. The Hall–Kier alpha value is -3.59. The Bertz CT molecular complexity index is 1310. The fraction of sp³-hybridized carbons (Fsp3) is 0.444. The zero-order valence-electron chi connectivity index (χ0n) is 20.3. The van der Waals surface area contributed by atoms with Crippen LogP contribution >= 0.6 is 0 Å². The quantitative estimate of drug-likeness (QED) is 0.446. The Balaban J connectivity index is 1.26. The third kappa shape index (κ3) is 4.28. The van der Waals surface area contributed by atoms with Crippen molar-refractivity contribution < 1.29 is 9.53 Å². The van der Waals surface area contributed by atoms with E-state index in [1.165, 1.54) is 12.0 Å². The molecule has 1 atom stereocenters. The van der Waals surface area contributed by atoms with E-state index in [1.54, 1.807) is 0 Å². The molecule has 1 saturated heterocycles. The molecule has 2 aromatic heterocycles. The fourth-order valence-corrected chi connectivity index (χ4v) is 6.01. The smallest absolute Gasteiger partial charge is 0.233 e. The molecule has 0 radical (unpaired) electrons. The molecule has 3 heterocycles. The van der Waals surface area contributed by atoms with Gasteiger partial charge in [0.2, 0.25) is 11.7 Å². The van der Waals surface area contributed by atoms with E-state index in [4.69, 9.17) is 4.74 Å². The van der Waals surface area contributed by atoms with Crippen molar-refractivity contribution in [3.05, 3.63) is 59.8 Å². The summed E-state index contributed by atoms with van der Waals surface area (Å²) in [7, 11) is 0. The number of carbonyl (C=O) groups is 1. The van der Waals surface area contributed by atoms with E-state index in [0.29, 0.717) is 32.1 Å². The summed E-state index contributed by atoms with van der Waals surface area (Å²) in [6.07, 6.45) is 7.81. The second-order valence-electron chi connectivity index (χ2n) is 10.1. The Kier molecular flexibility index (Phi) is 6.23. The van der Waals surface area contributed by atoms with Crippen LogP contribution in [0.2, 0.25) is 0 Å². The Labute approximate surface area is 209 Å². The third-order valence-electron chi connectivity index (χ3n) is 7.87. The molecule has 0 spiro atoms. The molecule has 1 aliphatic heterocycles. The van der Waals surface area contributed by atoms with Crippen molar-refractivity contribution in [3.8, 4) is 11.4 Å². The summed E-state index contributed by atoms with van der Waals surface area (Å²) in [5.74, 6) is 1.04. The molecule has 9 nitrogen and oxygen atoms in total. The van der Waals surface area contributed by atoms with E-state index in [0.717, 1.165) is 54.1 Å². The number of nitrogens with one attached hydrogen (secondary N) is 2. The Morgan fingerprint density at radius 3 is 2.78 bits per heavy atom. The highest BCUT2D eigenvalue weighted by molar-refractivity contribution is 5.89. The van der Waals surface area contributed by atoms with E-state index < -0.39 is 5.41 Å². The minimum absolute atomic E-state index is 0.234. The number of fused-ring (bicyclic) bond motifs is 1. The number of hydrogen-bond acceptors (Lipinski definition) is 6. The van der Waals surface area contributed by atoms with Crippen molar-refractivity contribution in [2.45, 2.75) is 43.9 Å². The minimum atomic E-state index is -0.493. The van der Waals surface area contributed by atoms with Crippen LogP contribution in [0.4, 0.5) is 0 Å². The van der Waals surface area contributed by atoms with Crippen LogP contribution in [0, 0.1) is 5.92 Å². The molecule has 186 valence electrons. The first-order chi connectivity index (χ1) is 17.7. The number of rotatable bonds is 5. The Morgan fingerprint density at radius 1 is 1.11 bits per heavy atom. The molecule has 4 aromatic rings. The van der Waals surface area contributed by atoms with Crippen LogP contribution in [0.5, 0.6) is 0 Å². The number of aromatic amines is 2. The van der Waals surface area contributed by atoms with Gasteiger partial charge in [-0.2, -0.15) is 10.3 Å². The molecule has 1 amide bonds. The van der Waals surface area contributed by atoms with E-state index in [1.807, 2.05) is 24.4 Å². The number of nitrogens with zero attached hydrogens (tertiary/aromatic N) is 5. The molecular weight excluding hydrogens is 454 g/mol. The first-order valence-corrected chi connectivity index (χ1v) is 12.9. The van der Waals surface area contributed by atoms with Gasteiger partial charge in [-0.3, -0.25) is 9.89 Å². The maximum Gasteiger partial charge on any atom is 0.233 e. The zero-order chi connectivity index (χ0) is 24.4. The van der Waals surface area contributed by atoms with Crippen molar-refractivity contribution in [2.24, 2.45) is 5.92 Å². The number of aromatic nitrogens is 6. The lowest BCUT2D eigenvalue weighted by Crippen LogP contribution is -2.50. The average Bonchev–Trinajstić information content (AvgIpc) is 3.59. The van der Waals surface area contributed by atoms with Gasteiger partial charge in [0.05, 0.1) is 30.3 Å². The molecular formula is C27H31N7O2. The number of carbonyl (C=O) groups excluding carboxylic acids is 1. The van der Waals surface area contributed by atoms with Crippen molar-refractivity contribution in [2.75, 3.05) is 26.3 Å². The van der Waals surface area contributed by atoms with Crippen molar-refractivity contribution >= 4 is 16.8 Å².